The number of thioether (sulfide) groups is 1. The summed E-state index contributed by atoms with van der Waals surface area (Å²) in [5, 5.41) is 7.68. The molecule has 1 aromatic heterocycles. The topological polar surface area (TPSA) is 24.4 Å². The Hall–Kier alpha value is -0.480. The lowest BCUT2D eigenvalue weighted by Crippen LogP contribution is -2.24. The summed E-state index contributed by atoms with van der Waals surface area (Å²) in [6.45, 7) is 3.26. The van der Waals surface area contributed by atoms with Gasteiger partial charge in [0, 0.05) is 10.1 Å². The Morgan fingerprint density at radius 2 is 2.41 bits per heavy atom. The molecular weight excluding hydrogens is 248 g/mol. The average molecular weight is 266 g/mol. The molecule has 2 unspecified atom stereocenters. The number of thiophene rings is 1. The van der Waals surface area contributed by atoms with Crippen molar-refractivity contribution >= 4 is 28.3 Å². The van der Waals surface area contributed by atoms with Gasteiger partial charge in [-0.3, -0.25) is 4.99 Å². The summed E-state index contributed by atoms with van der Waals surface area (Å²) in [4.78, 5) is 6.07. The van der Waals surface area contributed by atoms with E-state index < -0.39 is 0 Å². The fourth-order valence-corrected chi connectivity index (χ4v) is 4.32. The lowest BCUT2D eigenvalue weighted by Gasteiger charge is -2.16. The van der Waals surface area contributed by atoms with Crippen LogP contribution in [0.4, 0.5) is 0 Å². The maximum atomic E-state index is 4.65. The van der Waals surface area contributed by atoms with Crippen LogP contribution in [0.5, 0.6) is 0 Å². The molecule has 0 radical (unpaired) electrons. The van der Waals surface area contributed by atoms with Gasteiger partial charge in [-0.15, -0.1) is 11.3 Å². The number of hydrogen-bond acceptors (Lipinski definition) is 4. The van der Waals surface area contributed by atoms with Crippen LogP contribution in [0.15, 0.2) is 22.5 Å². The van der Waals surface area contributed by atoms with Gasteiger partial charge in [-0.2, -0.15) is 0 Å². The molecule has 0 spiro atoms. The first-order valence-electron chi connectivity index (χ1n) is 6.38. The first-order chi connectivity index (χ1) is 8.36. The van der Waals surface area contributed by atoms with E-state index in [1.54, 1.807) is 0 Å². The Kier molecular flexibility index (Phi) is 3.43. The van der Waals surface area contributed by atoms with Gasteiger partial charge in [0.15, 0.2) is 5.17 Å². The van der Waals surface area contributed by atoms with E-state index in [1.165, 1.54) is 22.9 Å². The maximum Gasteiger partial charge on any atom is 0.157 e. The Balaban J connectivity index is 1.58. The molecule has 0 saturated heterocycles. The normalized spacial score (nSPS) is 25.7. The second-order valence-electron chi connectivity index (χ2n) is 4.76. The highest BCUT2D eigenvalue weighted by Crippen LogP contribution is 2.41. The van der Waals surface area contributed by atoms with Crippen LogP contribution in [0, 0.1) is 5.92 Å². The van der Waals surface area contributed by atoms with Crippen molar-refractivity contribution in [1.82, 2.24) is 5.32 Å². The minimum atomic E-state index is 0.444. The molecule has 1 aliphatic carbocycles. The van der Waals surface area contributed by atoms with E-state index in [2.05, 4.69) is 34.7 Å². The predicted octanol–water partition coefficient (Wildman–Crippen LogP) is 3.67. The van der Waals surface area contributed by atoms with Crippen LogP contribution in [-0.2, 0) is 0 Å². The molecule has 2 nitrogen and oxygen atoms in total. The minimum Gasteiger partial charge on any atom is -0.357 e. The molecule has 1 aliphatic heterocycles. The van der Waals surface area contributed by atoms with Gasteiger partial charge in [0.1, 0.15) is 0 Å². The van der Waals surface area contributed by atoms with E-state index in [0.717, 1.165) is 24.1 Å². The van der Waals surface area contributed by atoms with E-state index in [1.807, 2.05) is 23.1 Å². The number of aliphatic imine (C=N–C) groups is 1. The van der Waals surface area contributed by atoms with Gasteiger partial charge in [-0.1, -0.05) is 24.8 Å². The van der Waals surface area contributed by atoms with Crippen molar-refractivity contribution in [1.29, 1.82) is 0 Å². The van der Waals surface area contributed by atoms with Crippen LogP contribution < -0.4 is 5.32 Å². The molecule has 1 aromatic rings. The Morgan fingerprint density at radius 3 is 3.06 bits per heavy atom. The molecule has 17 heavy (non-hydrogen) atoms. The van der Waals surface area contributed by atoms with E-state index in [9.17, 15) is 0 Å². The summed E-state index contributed by atoms with van der Waals surface area (Å²) in [5.74, 6) is 0.949. The van der Waals surface area contributed by atoms with Crippen LogP contribution in [0.1, 0.15) is 37.1 Å². The molecule has 1 N–H and O–H groups in total. The molecule has 1 saturated carbocycles. The highest BCUT2D eigenvalue weighted by Gasteiger charge is 2.35. The van der Waals surface area contributed by atoms with Crippen molar-refractivity contribution < 1.29 is 0 Å². The fourth-order valence-electron chi connectivity index (χ4n) is 2.20. The Bertz CT molecular complexity index is 396. The van der Waals surface area contributed by atoms with Crippen LogP contribution in [0.2, 0.25) is 0 Å². The maximum absolute atomic E-state index is 4.65. The van der Waals surface area contributed by atoms with Crippen molar-refractivity contribution in [2.45, 2.75) is 37.5 Å². The summed E-state index contributed by atoms with van der Waals surface area (Å²) in [5.41, 5.74) is 0. The van der Waals surface area contributed by atoms with Crippen molar-refractivity contribution in [3.8, 4) is 0 Å². The van der Waals surface area contributed by atoms with Crippen molar-refractivity contribution in [3.05, 3.63) is 22.4 Å². The number of rotatable bonds is 4. The molecule has 0 aromatic carbocycles. The predicted molar refractivity (Wildman–Crippen MR) is 76.9 cm³/mol. The van der Waals surface area contributed by atoms with Crippen molar-refractivity contribution in [2.75, 3.05) is 6.54 Å². The number of amidine groups is 1. The molecular formula is C13H18N2S2. The van der Waals surface area contributed by atoms with Gasteiger partial charge in [-0.05, 0) is 36.6 Å². The third kappa shape index (κ3) is 2.68. The molecule has 2 atom stereocenters. The van der Waals surface area contributed by atoms with Crippen LogP contribution >= 0.6 is 23.1 Å². The number of nitrogens with zero attached hydrogens (tertiary/aromatic N) is 1. The zero-order valence-corrected chi connectivity index (χ0v) is 11.7. The van der Waals surface area contributed by atoms with Gasteiger partial charge in [-0.25, -0.2) is 0 Å². The quantitative estimate of drug-likeness (QED) is 0.899. The molecule has 4 heteroatoms. The molecule has 2 heterocycles. The molecule has 0 amide bonds. The number of hydrogen-bond donors (Lipinski definition) is 1. The van der Waals surface area contributed by atoms with Gasteiger partial charge in [0.05, 0.1) is 12.6 Å². The smallest absolute Gasteiger partial charge is 0.157 e. The Morgan fingerprint density at radius 1 is 1.53 bits per heavy atom. The lowest BCUT2D eigenvalue weighted by atomic mass is 10.2. The highest BCUT2D eigenvalue weighted by atomic mass is 32.2. The summed E-state index contributed by atoms with van der Waals surface area (Å²) < 4.78 is 0. The molecule has 92 valence electrons. The standard InChI is InChI=1S/C13H18N2S2/c1-2-10(11-4-3-7-16-11)15-13-14-8-12(17-13)9-5-6-9/h3-4,7,9-10,12H,2,5-6,8H2,1H3,(H,14,15). The molecule has 1 fully saturated rings. The SMILES string of the molecule is CCC(NC1=NCC(C2CC2)S1)c1cccs1. The summed E-state index contributed by atoms with van der Waals surface area (Å²) >= 11 is 3.80. The molecule has 3 rings (SSSR count). The third-order valence-corrected chi connectivity index (χ3v) is 5.71. The average Bonchev–Trinajstić information content (AvgIpc) is 2.89. The van der Waals surface area contributed by atoms with Crippen LogP contribution in [0.25, 0.3) is 0 Å². The monoisotopic (exact) mass is 266 g/mol. The second-order valence-corrected chi connectivity index (χ2v) is 6.97. The minimum absolute atomic E-state index is 0.444. The van der Waals surface area contributed by atoms with Gasteiger partial charge in [0.25, 0.3) is 0 Å². The van der Waals surface area contributed by atoms with E-state index in [4.69, 9.17) is 0 Å². The zero-order chi connectivity index (χ0) is 11.7. The summed E-state index contributed by atoms with van der Waals surface area (Å²) in [6, 6.07) is 4.78. The summed E-state index contributed by atoms with van der Waals surface area (Å²) in [6.07, 6.45) is 3.96. The molecule has 0 bridgehead atoms. The van der Waals surface area contributed by atoms with Gasteiger partial charge in [0.2, 0.25) is 0 Å². The van der Waals surface area contributed by atoms with Crippen LogP contribution in [0.3, 0.4) is 0 Å². The third-order valence-electron chi connectivity index (χ3n) is 3.42. The van der Waals surface area contributed by atoms with Crippen LogP contribution in [-0.4, -0.2) is 17.0 Å². The van der Waals surface area contributed by atoms with Gasteiger partial charge >= 0.3 is 0 Å². The zero-order valence-electron chi connectivity index (χ0n) is 10.1. The summed E-state index contributed by atoms with van der Waals surface area (Å²) in [7, 11) is 0. The first kappa shape index (κ1) is 11.6. The first-order valence-corrected chi connectivity index (χ1v) is 8.13. The van der Waals surface area contributed by atoms with Crippen molar-refractivity contribution in [3.63, 3.8) is 0 Å². The second kappa shape index (κ2) is 5.02. The fraction of sp³-hybridized carbons (Fsp3) is 0.615. The van der Waals surface area contributed by atoms with Gasteiger partial charge < -0.3 is 5.32 Å². The van der Waals surface area contributed by atoms with Crippen molar-refractivity contribution in [2.24, 2.45) is 10.9 Å². The Labute approximate surface area is 111 Å². The molecule has 2 aliphatic rings. The highest BCUT2D eigenvalue weighted by molar-refractivity contribution is 8.14. The lowest BCUT2D eigenvalue weighted by molar-refractivity contribution is 0.641. The van der Waals surface area contributed by atoms with E-state index in [0.29, 0.717) is 6.04 Å². The largest absolute Gasteiger partial charge is 0.357 e. The number of nitrogens with one attached hydrogen (secondary N) is 1. The van der Waals surface area contributed by atoms with E-state index >= 15 is 0 Å². The van der Waals surface area contributed by atoms with E-state index in [-0.39, 0.29) is 0 Å².